The van der Waals surface area contributed by atoms with Gasteiger partial charge >= 0.3 is 0 Å². The second-order valence-corrected chi connectivity index (χ2v) is 8.83. The number of nitrogens with zero attached hydrogens (tertiary/aromatic N) is 2. The van der Waals surface area contributed by atoms with Crippen LogP contribution in [0.2, 0.25) is 10.0 Å². The van der Waals surface area contributed by atoms with E-state index in [4.69, 9.17) is 27.9 Å². The summed E-state index contributed by atoms with van der Waals surface area (Å²) in [5.74, 6) is 0.693. The molecule has 0 N–H and O–H groups in total. The summed E-state index contributed by atoms with van der Waals surface area (Å²) < 4.78 is 7.13. The van der Waals surface area contributed by atoms with E-state index in [9.17, 15) is 9.59 Å². The van der Waals surface area contributed by atoms with E-state index in [0.717, 1.165) is 11.1 Å². The summed E-state index contributed by atoms with van der Waals surface area (Å²) in [7, 11) is 1.53. The number of para-hydroxylation sites is 1. The summed E-state index contributed by atoms with van der Waals surface area (Å²) in [6.45, 7) is 0. The van der Waals surface area contributed by atoms with Gasteiger partial charge in [-0.3, -0.25) is 19.1 Å². The van der Waals surface area contributed by atoms with Crippen LogP contribution in [-0.4, -0.2) is 17.6 Å². The van der Waals surface area contributed by atoms with Gasteiger partial charge in [0.1, 0.15) is 11.6 Å². The fourth-order valence-electron chi connectivity index (χ4n) is 4.55. The lowest BCUT2D eigenvalue weighted by Crippen LogP contribution is -2.34. The molecule has 0 saturated heterocycles. The van der Waals surface area contributed by atoms with E-state index >= 15 is 0 Å². The van der Waals surface area contributed by atoms with Gasteiger partial charge in [-0.15, -0.1) is 0 Å². The molecule has 1 aromatic heterocycles. The number of methoxy groups -OCH3 is 1. The summed E-state index contributed by atoms with van der Waals surface area (Å²) in [6, 6.07) is 25.7. The van der Waals surface area contributed by atoms with Gasteiger partial charge in [-0.1, -0.05) is 65.7 Å². The highest BCUT2D eigenvalue weighted by molar-refractivity contribution is 6.30. The number of pyridine rings is 1. The highest BCUT2D eigenvalue weighted by atomic mass is 35.5. The molecule has 1 aliphatic heterocycles. The van der Waals surface area contributed by atoms with Crippen molar-refractivity contribution in [3.05, 3.63) is 128 Å². The maximum Gasteiger partial charge on any atom is 0.263 e. The van der Waals surface area contributed by atoms with Crippen LogP contribution in [0, 0.1) is 0 Å². The summed E-state index contributed by atoms with van der Waals surface area (Å²) in [4.78, 5) is 28.9. The lowest BCUT2D eigenvalue weighted by molar-refractivity contribution is 0.0975. The third-order valence-corrected chi connectivity index (χ3v) is 6.55. The van der Waals surface area contributed by atoms with Crippen molar-refractivity contribution in [2.75, 3.05) is 12.0 Å². The van der Waals surface area contributed by atoms with Crippen LogP contribution < -0.4 is 15.2 Å². The molecule has 1 amide bonds. The van der Waals surface area contributed by atoms with E-state index in [0.29, 0.717) is 27.2 Å². The minimum absolute atomic E-state index is 0.202. The van der Waals surface area contributed by atoms with Gasteiger partial charge in [0, 0.05) is 16.1 Å². The number of benzene rings is 3. The van der Waals surface area contributed by atoms with Gasteiger partial charge in [-0.25, -0.2) is 0 Å². The van der Waals surface area contributed by atoms with E-state index in [2.05, 4.69) is 0 Å². The van der Waals surface area contributed by atoms with Crippen molar-refractivity contribution < 1.29 is 9.53 Å². The highest BCUT2D eigenvalue weighted by Gasteiger charge is 2.44. The monoisotopic (exact) mass is 490 g/mol. The molecule has 0 bridgehead atoms. The summed E-state index contributed by atoms with van der Waals surface area (Å²) >= 11 is 12.3. The maximum atomic E-state index is 14.1. The van der Waals surface area contributed by atoms with Crippen LogP contribution in [0.3, 0.4) is 0 Å². The molecular formula is C27H20Cl2N2O3. The largest absolute Gasteiger partial charge is 0.496 e. The first-order valence-corrected chi connectivity index (χ1v) is 11.4. The Bertz CT molecular complexity index is 1420. The van der Waals surface area contributed by atoms with Crippen LogP contribution in [0.15, 0.2) is 95.8 Å². The van der Waals surface area contributed by atoms with Gasteiger partial charge in [-0.2, -0.15) is 0 Å². The van der Waals surface area contributed by atoms with E-state index in [1.165, 1.54) is 13.2 Å². The molecule has 0 saturated carbocycles. The summed E-state index contributed by atoms with van der Waals surface area (Å²) in [5, 5.41) is 1.18. The SMILES string of the molecule is COc1ccccc1C(=O)N1c2cccc(=O)n2C(c2ccc(Cl)cc2)C1c1ccc(Cl)cc1. The minimum Gasteiger partial charge on any atom is -0.496 e. The van der Waals surface area contributed by atoms with Crippen molar-refractivity contribution in [3.63, 3.8) is 0 Å². The normalized spacial score (nSPS) is 16.9. The first-order chi connectivity index (χ1) is 16.5. The van der Waals surface area contributed by atoms with Crippen LogP contribution >= 0.6 is 23.2 Å². The summed E-state index contributed by atoms with van der Waals surface area (Å²) in [6.07, 6.45) is 0. The van der Waals surface area contributed by atoms with Gasteiger partial charge in [-0.05, 0) is 53.6 Å². The van der Waals surface area contributed by atoms with E-state index in [-0.39, 0.29) is 11.5 Å². The molecule has 2 heterocycles. The van der Waals surface area contributed by atoms with Gasteiger partial charge < -0.3 is 4.74 Å². The summed E-state index contributed by atoms with van der Waals surface area (Å²) in [5.41, 5.74) is 1.90. The Balaban J connectivity index is 1.77. The number of amides is 1. The van der Waals surface area contributed by atoms with Crippen molar-refractivity contribution >= 4 is 34.9 Å². The molecule has 3 aromatic carbocycles. The molecule has 7 heteroatoms. The molecule has 0 aliphatic carbocycles. The Morgan fingerprint density at radius 3 is 1.97 bits per heavy atom. The number of halogens is 2. The molecule has 0 radical (unpaired) electrons. The second-order valence-electron chi connectivity index (χ2n) is 7.96. The number of fused-ring (bicyclic) bond motifs is 1. The second kappa shape index (κ2) is 9.01. The van der Waals surface area contributed by atoms with E-state index in [1.807, 2.05) is 30.3 Å². The van der Waals surface area contributed by atoms with Crippen molar-refractivity contribution in [1.29, 1.82) is 0 Å². The van der Waals surface area contributed by atoms with Crippen molar-refractivity contribution in [2.45, 2.75) is 12.1 Å². The molecular weight excluding hydrogens is 471 g/mol. The van der Waals surface area contributed by atoms with Crippen LogP contribution in [0.5, 0.6) is 5.75 Å². The number of rotatable bonds is 4. The van der Waals surface area contributed by atoms with Crippen molar-refractivity contribution in [1.82, 2.24) is 4.57 Å². The zero-order valence-electron chi connectivity index (χ0n) is 18.2. The predicted molar refractivity (Wildman–Crippen MR) is 134 cm³/mol. The molecule has 34 heavy (non-hydrogen) atoms. The quantitative estimate of drug-likeness (QED) is 0.344. The average Bonchev–Trinajstić information content (AvgIpc) is 3.21. The van der Waals surface area contributed by atoms with Crippen LogP contribution in [0.4, 0.5) is 5.82 Å². The first-order valence-electron chi connectivity index (χ1n) is 10.7. The molecule has 4 aromatic rings. The highest BCUT2D eigenvalue weighted by Crippen LogP contribution is 2.47. The third-order valence-electron chi connectivity index (χ3n) is 6.05. The number of carbonyl (C=O) groups excluding carboxylic acids is 1. The minimum atomic E-state index is -0.508. The van der Waals surface area contributed by atoms with Gasteiger partial charge in [0.15, 0.2) is 0 Å². The molecule has 2 unspecified atom stereocenters. The number of hydrogen-bond acceptors (Lipinski definition) is 3. The van der Waals surface area contributed by atoms with Crippen LogP contribution in [0.1, 0.15) is 33.6 Å². The van der Waals surface area contributed by atoms with Crippen molar-refractivity contribution in [3.8, 4) is 5.75 Å². The topological polar surface area (TPSA) is 51.5 Å². The fourth-order valence-corrected chi connectivity index (χ4v) is 4.81. The Hall–Kier alpha value is -3.54. The van der Waals surface area contributed by atoms with Gasteiger partial charge in [0.05, 0.1) is 24.8 Å². The third kappa shape index (κ3) is 3.77. The predicted octanol–water partition coefficient (Wildman–Crippen LogP) is 6.15. The molecule has 5 nitrogen and oxygen atoms in total. The standard InChI is InChI=1S/C27H20Cl2N2O3/c1-34-22-6-3-2-5-21(22)27(33)31-23-7-4-8-24(32)30(23)25(17-9-13-19(28)14-10-17)26(31)18-11-15-20(29)16-12-18/h2-16,25-26H,1H3. The van der Waals surface area contributed by atoms with Crippen LogP contribution in [-0.2, 0) is 0 Å². The molecule has 1 aliphatic rings. The Kier molecular flexibility index (Phi) is 5.90. The van der Waals surface area contributed by atoms with E-state index in [1.54, 1.807) is 64.1 Å². The molecule has 0 spiro atoms. The first kappa shape index (κ1) is 22.3. The molecule has 0 fully saturated rings. The zero-order valence-corrected chi connectivity index (χ0v) is 19.7. The van der Waals surface area contributed by atoms with Crippen molar-refractivity contribution in [2.24, 2.45) is 0 Å². The number of ether oxygens (including phenoxy) is 1. The van der Waals surface area contributed by atoms with Gasteiger partial charge in [0.25, 0.3) is 11.5 Å². The lowest BCUT2D eigenvalue weighted by atomic mass is 9.93. The number of carbonyl (C=O) groups is 1. The number of aromatic nitrogens is 1. The fraction of sp³-hybridized carbons (Fsp3) is 0.111. The Labute approximate surface area is 206 Å². The number of anilines is 1. The molecule has 5 rings (SSSR count). The van der Waals surface area contributed by atoms with Crippen LogP contribution in [0.25, 0.3) is 0 Å². The van der Waals surface area contributed by atoms with E-state index < -0.39 is 12.1 Å². The molecule has 170 valence electrons. The Morgan fingerprint density at radius 1 is 0.765 bits per heavy atom. The van der Waals surface area contributed by atoms with Gasteiger partial charge in [0.2, 0.25) is 0 Å². The Morgan fingerprint density at radius 2 is 1.35 bits per heavy atom. The average molecular weight is 491 g/mol. The smallest absolute Gasteiger partial charge is 0.263 e. The molecule has 2 atom stereocenters. The number of hydrogen-bond donors (Lipinski definition) is 0. The zero-order chi connectivity index (χ0) is 23.8. The maximum absolute atomic E-state index is 14.1. The lowest BCUT2D eigenvalue weighted by Gasteiger charge is -2.29.